The molecule has 138 valence electrons. The number of methoxy groups -OCH3 is 1. The number of carbonyl (C=O) groups is 1. The van der Waals surface area contributed by atoms with Crippen LogP contribution in [0, 0.1) is 5.21 Å². The molecule has 1 atom stereocenters. The topological polar surface area (TPSA) is 99.0 Å². The van der Waals surface area contributed by atoms with Crippen molar-refractivity contribution < 1.29 is 19.8 Å². The Labute approximate surface area is 151 Å². The summed E-state index contributed by atoms with van der Waals surface area (Å²) in [5.74, 6) is 0.680. The third kappa shape index (κ3) is 3.65. The van der Waals surface area contributed by atoms with E-state index in [1.54, 1.807) is 30.2 Å². The molecule has 1 aliphatic rings. The molecule has 2 aromatic rings. The molecule has 0 bridgehead atoms. The zero-order chi connectivity index (χ0) is 18.7. The van der Waals surface area contributed by atoms with Crippen LogP contribution in [-0.2, 0) is 11.3 Å². The first kappa shape index (κ1) is 18.2. The molecule has 3 rings (SSSR count). The number of anilines is 1. The zero-order valence-electron chi connectivity index (χ0n) is 14.5. The average molecular weight is 358 g/mol. The highest BCUT2D eigenvalue weighted by atomic mass is 16.8. The first-order valence-electron chi connectivity index (χ1n) is 8.39. The number of hydrogen-bond acceptors (Lipinski definition) is 5. The highest BCUT2D eigenvalue weighted by Gasteiger charge is 2.30. The fourth-order valence-electron chi connectivity index (χ4n) is 3.28. The van der Waals surface area contributed by atoms with Crippen LogP contribution in [0.4, 0.5) is 5.69 Å². The SMILES string of the molecule is COc1ccc(CN2C(=O)CC[C@H]2CO)cc1-c1cccc(N([O-])[OH2+])c1. The standard InChI is InChI=1S/C19H21N2O5/c1-26-18-7-5-13(11-20-16(12-22)6-8-19(20)23)9-17(18)14-3-2-4-15(10-14)21(24)25/h2-5,7,9-10,16,22,24H,6,8,11-12H2,1H3/q-1/p+1/t16-/m0/s1. The molecule has 1 aliphatic heterocycles. The number of amides is 1. The highest BCUT2D eigenvalue weighted by molar-refractivity contribution is 5.79. The Morgan fingerprint density at radius 2 is 2.15 bits per heavy atom. The third-order valence-corrected chi connectivity index (χ3v) is 4.67. The Bertz CT molecular complexity index is 793. The van der Waals surface area contributed by atoms with Crippen LogP contribution < -0.4 is 9.96 Å². The minimum absolute atomic E-state index is 0.0413. The molecule has 26 heavy (non-hydrogen) atoms. The number of carbonyl (C=O) groups excluding carboxylic acids is 1. The van der Waals surface area contributed by atoms with Gasteiger partial charge < -0.3 is 25.2 Å². The van der Waals surface area contributed by atoms with Gasteiger partial charge in [0.05, 0.1) is 25.4 Å². The van der Waals surface area contributed by atoms with Crippen molar-refractivity contribution in [3.05, 3.63) is 53.2 Å². The summed E-state index contributed by atoms with van der Waals surface area (Å²) in [5, 5.41) is 28.0. The first-order chi connectivity index (χ1) is 12.5. The Morgan fingerprint density at radius 1 is 1.35 bits per heavy atom. The van der Waals surface area contributed by atoms with Gasteiger partial charge in [0, 0.05) is 18.5 Å². The maximum absolute atomic E-state index is 12.1. The Balaban J connectivity index is 1.94. The second-order valence-corrected chi connectivity index (χ2v) is 6.28. The number of rotatable bonds is 6. The Morgan fingerprint density at radius 3 is 2.85 bits per heavy atom. The van der Waals surface area contributed by atoms with Gasteiger partial charge in [0.1, 0.15) is 5.75 Å². The van der Waals surface area contributed by atoms with Crippen molar-refractivity contribution in [1.29, 1.82) is 0 Å². The predicted octanol–water partition coefficient (Wildman–Crippen LogP) is 1.79. The van der Waals surface area contributed by atoms with Crippen molar-refractivity contribution in [2.24, 2.45) is 0 Å². The summed E-state index contributed by atoms with van der Waals surface area (Å²) < 4.78 is 5.43. The van der Waals surface area contributed by atoms with Crippen molar-refractivity contribution >= 4 is 11.6 Å². The lowest BCUT2D eigenvalue weighted by Crippen LogP contribution is -2.34. The van der Waals surface area contributed by atoms with E-state index in [1.165, 1.54) is 0 Å². The van der Waals surface area contributed by atoms with Crippen LogP contribution in [0.5, 0.6) is 5.75 Å². The Kier molecular flexibility index (Phi) is 5.41. The van der Waals surface area contributed by atoms with Crippen LogP contribution in [0.25, 0.3) is 11.1 Å². The van der Waals surface area contributed by atoms with Crippen molar-refractivity contribution in [2.45, 2.75) is 25.4 Å². The third-order valence-electron chi connectivity index (χ3n) is 4.67. The van der Waals surface area contributed by atoms with Gasteiger partial charge in [-0.15, -0.1) is 0 Å². The van der Waals surface area contributed by atoms with Gasteiger partial charge in [-0.25, -0.2) is 0 Å². The molecular formula is C19H22N2O5. The molecule has 0 radical (unpaired) electrons. The van der Waals surface area contributed by atoms with Gasteiger partial charge in [0.2, 0.25) is 5.91 Å². The summed E-state index contributed by atoms with van der Waals surface area (Å²) in [6, 6.07) is 12.2. The minimum atomic E-state index is -0.145. The normalized spacial score (nSPS) is 16.8. The van der Waals surface area contributed by atoms with E-state index in [1.807, 2.05) is 24.3 Å². The molecular weight excluding hydrogens is 336 g/mol. The fraction of sp³-hybridized carbons (Fsp3) is 0.316. The summed E-state index contributed by atoms with van der Waals surface area (Å²) in [6.07, 6.45) is 1.13. The molecule has 0 aliphatic carbocycles. The molecule has 1 heterocycles. The second kappa shape index (κ2) is 7.74. The monoisotopic (exact) mass is 358 g/mol. The van der Waals surface area contributed by atoms with Gasteiger partial charge >= 0.3 is 0 Å². The van der Waals surface area contributed by atoms with E-state index < -0.39 is 0 Å². The van der Waals surface area contributed by atoms with E-state index in [0.29, 0.717) is 25.1 Å². The van der Waals surface area contributed by atoms with Gasteiger partial charge in [0.15, 0.2) is 0 Å². The summed E-state index contributed by atoms with van der Waals surface area (Å²) in [5.41, 5.74) is 2.66. The number of likely N-dealkylation sites (tertiary alicyclic amines) is 1. The van der Waals surface area contributed by atoms with E-state index in [0.717, 1.165) is 16.7 Å². The van der Waals surface area contributed by atoms with E-state index in [2.05, 4.69) is 0 Å². The molecule has 3 N–H and O–H groups in total. The van der Waals surface area contributed by atoms with E-state index >= 15 is 0 Å². The van der Waals surface area contributed by atoms with Crippen LogP contribution in [-0.4, -0.2) is 40.9 Å². The van der Waals surface area contributed by atoms with Crippen LogP contribution in [0.15, 0.2) is 42.5 Å². The van der Waals surface area contributed by atoms with E-state index in [4.69, 9.17) is 9.94 Å². The summed E-state index contributed by atoms with van der Waals surface area (Å²) >= 11 is 0. The number of hydrogen-bond donors (Lipinski definition) is 1. The van der Waals surface area contributed by atoms with Crippen LogP contribution in [0.1, 0.15) is 18.4 Å². The Hall–Kier alpha value is -2.61. The second-order valence-electron chi connectivity index (χ2n) is 6.28. The van der Waals surface area contributed by atoms with Crippen LogP contribution in [0.3, 0.4) is 0 Å². The molecule has 0 aromatic heterocycles. The molecule has 1 fully saturated rings. The average Bonchev–Trinajstić information content (AvgIpc) is 3.01. The molecule has 1 saturated heterocycles. The van der Waals surface area contributed by atoms with Crippen molar-refractivity contribution in [2.75, 3.05) is 18.9 Å². The largest absolute Gasteiger partial charge is 0.694 e. The lowest BCUT2D eigenvalue weighted by molar-refractivity contribution is -0.130. The van der Waals surface area contributed by atoms with Crippen molar-refractivity contribution in [1.82, 2.24) is 4.90 Å². The number of aliphatic hydroxyl groups is 1. The molecule has 1 amide bonds. The number of benzene rings is 2. The van der Waals surface area contributed by atoms with Gasteiger partial charge in [-0.2, -0.15) is 5.23 Å². The van der Waals surface area contributed by atoms with E-state index in [9.17, 15) is 15.1 Å². The number of aliphatic hydroxyl groups excluding tert-OH is 1. The lowest BCUT2D eigenvalue weighted by Gasteiger charge is -2.24. The van der Waals surface area contributed by atoms with Gasteiger partial charge in [-0.3, -0.25) is 4.79 Å². The van der Waals surface area contributed by atoms with Crippen LogP contribution in [0.2, 0.25) is 0 Å². The number of ether oxygens (including phenoxy) is 1. The molecule has 0 spiro atoms. The molecule has 2 aromatic carbocycles. The maximum atomic E-state index is 12.1. The predicted molar refractivity (Wildman–Crippen MR) is 98.5 cm³/mol. The molecule has 0 saturated carbocycles. The van der Waals surface area contributed by atoms with Crippen molar-refractivity contribution in [3.8, 4) is 16.9 Å². The summed E-state index contributed by atoms with van der Waals surface area (Å²) in [6.45, 7) is 0.368. The number of nitrogens with zero attached hydrogens (tertiary/aromatic N) is 2. The fourth-order valence-corrected chi connectivity index (χ4v) is 3.28. The molecule has 7 nitrogen and oxygen atoms in total. The lowest BCUT2D eigenvalue weighted by atomic mass is 10.0. The molecule has 7 heteroatoms. The quantitative estimate of drug-likeness (QED) is 0.627. The van der Waals surface area contributed by atoms with Crippen molar-refractivity contribution in [3.63, 3.8) is 0 Å². The highest BCUT2D eigenvalue weighted by Crippen LogP contribution is 2.33. The first-order valence-corrected chi connectivity index (χ1v) is 8.39. The van der Waals surface area contributed by atoms with Gasteiger partial charge in [-0.05, 0) is 41.8 Å². The van der Waals surface area contributed by atoms with Crippen LogP contribution >= 0.6 is 0 Å². The van der Waals surface area contributed by atoms with Gasteiger partial charge in [0.25, 0.3) is 0 Å². The summed E-state index contributed by atoms with van der Waals surface area (Å²) in [7, 11) is 1.57. The molecule has 0 unspecified atom stereocenters. The van der Waals surface area contributed by atoms with Gasteiger partial charge in [-0.1, -0.05) is 18.2 Å². The van der Waals surface area contributed by atoms with E-state index in [-0.39, 0.29) is 29.5 Å². The zero-order valence-corrected chi connectivity index (χ0v) is 14.5. The summed E-state index contributed by atoms with van der Waals surface area (Å²) in [4.78, 5) is 13.8. The minimum Gasteiger partial charge on any atom is -0.694 e. The maximum Gasteiger partial charge on any atom is 0.223 e. The smallest absolute Gasteiger partial charge is 0.223 e.